The monoisotopic (exact) mass is 501 g/mol. The van der Waals surface area contributed by atoms with E-state index in [1.807, 2.05) is 7.05 Å². The minimum absolute atomic E-state index is 0. The molecule has 0 saturated carbocycles. The molecule has 0 spiro atoms. The van der Waals surface area contributed by atoms with Gasteiger partial charge in [0, 0.05) is 39.3 Å². The van der Waals surface area contributed by atoms with Crippen LogP contribution in [0.5, 0.6) is 0 Å². The maximum atomic E-state index is 5.55. The molecular weight excluding hydrogens is 465 g/mol. The van der Waals surface area contributed by atoms with E-state index in [0.717, 1.165) is 51.9 Å². The van der Waals surface area contributed by atoms with Crippen molar-refractivity contribution in [3.05, 3.63) is 35.9 Å². The fourth-order valence-electron chi connectivity index (χ4n) is 4.19. The molecule has 2 saturated heterocycles. The molecule has 2 aliphatic rings. The van der Waals surface area contributed by atoms with Crippen molar-refractivity contribution in [2.24, 2.45) is 4.99 Å². The summed E-state index contributed by atoms with van der Waals surface area (Å²) in [5, 5.41) is 7.10. The number of ether oxygens (including phenoxy) is 1. The normalized spacial score (nSPS) is 22.5. The van der Waals surface area contributed by atoms with E-state index in [-0.39, 0.29) is 24.0 Å². The highest BCUT2D eigenvalue weighted by Gasteiger charge is 2.24. The van der Waals surface area contributed by atoms with E-state index in [4.69, 9.17) is 4.74 Å². The van der Waals surface area contributed by atoms with Gasteiger partial charge in [0.15, 0.2) is 5.96 Å². The largest absolute Gasteiger partial charge is 0.379 e. The van der Waals surface area contributed by atoms with Gasteiger partial charge in [-0.2, -0.15) is 0 Å². The van der Waals surface area contributed by atoms with Gasteiger partial charge >= 0.3 is 0 Å². The van der Waals surface area contributed by atoms with Gasteiger partial charge in [0.25, 0.3) is 0 Å². The second-order valence-electron chi connectivity index (χ2n) is 7.33. The van der Waals surface area contributed by atoms with Gasteiger partial charge in [-0.15, -0.1) is 24.0 Å². The summed E-state index contributed by atoms with van der Waals surface area (Å²) < 4.78 is 5.55. The molecule has 0 radical (unpaired) electrons. The predicted octanol–water partition coefficient (Wildman–Crippen LogP) is 2.33. The molecule has 158 valence electrons. The molecule has 7 heteroatoms. The first-order valence-electron chi connectivity index (χ1n) is 10.4. The van der Waals surface area contributed by atoms with Crippen LogP contribution in [0.15, 0.2) is 35.3 Å². The van der Waals surface area contributed by atoms with Crippen LogP contribution in [0.3, 0.4) is 0 Å². The number of guanidine groups is 1. The van der Waals surface area contributed by atoms with E-state index >= 15 is 0 Å². The average molecular weight is 501 g/mol. The number of likely N-dealkylation sites (N-methyl/N-ethyl adjacent to an activating group) is 1. The first-order valence-corrected chi connectivity index (χ1v) is 10.4. The fourth-order valence-corrected chi connectivity index (χ4v) is 4.19. The summed E-state index contributed by atoms with van der Waals surface area (Å²) in [4.78, 5) is 9.51. The zero-order chi connectivity index (χ0) is 18.9. The molecule has 28 heavy (non-hydrogen) atoms. The van der Waals surface area contributed by atoms with Gasteiger partial charge in [0.05, 0.1) is 19.3 Å². The van der Waals surface area contributed by atoms with Crippen LogP contribution in [-0.4, -0.2) is 81.3 Å². The average Bonchev–Trinajstić information content (AvgIpc) is 3.19. The zero-order valence-electron chi connectivity index (χ0n) is 17.3. The van der Waals surface area contributed by atoms with Gasteiger partial charge < -0.3 is 15.4 Å². The van der Waals surface area contributed by atoms with Crippen LogP contribution in [0, 0.1) is 0 Å². The van der Waals surface area contributed by atoms with E-state index in [9.17, 15) is 0 Å². The Morgan fingerprint density at radius 2 is 1.93 bits per heavy atom. The maximum Gasteiger partial charge on any atom is 0.191 e. The Bertz CT molecular complexity index is 579. The molecule has 1 aromatic carbocycles. The van der Waals surface area contributed by atoms with Crippen LogP contribution >= 0.6 is 24.0 Å². The number of nitrogens with one attached hydrogen (secondary N) is 2. The molecule has 0 aliphatic carbocycles. The molecule has 2 fully saturated rings. The molecule has 2 heterocycles. The molecule has 6 nitrogen and oxygen atoms in total. The summed E-state index contributed by atoms with van der Waals surface area (Å²) >= 11 is 0. The van der Waals surface area contributed by atoms with Crippen molar-refractivity contribution >= 4 is 29.9 Å². The van der Waals surface area contributed by atoms with Crippen LogP contribution in [0.25, 0.3) is 0 Å². The lowest BCUT2D eigenvalue weighted by molar-refractivity contribution is 0.0170. The summed E-state index contributed by atoms with van der Waals surface area (Å²) in [5.41, 5.74) is 1.34. The third kappa shape index (κ3) is 6.57. The first kappa shape index (κ1) is 23.4. The predicted molar refractivity (Wildman–Crippen MR) is 127 cm³/mol. The first-order chi connectivity index (χ1) is 13.3. The third-order valence-electron chi connectivity index (χ3n) is 5.77. The lowest BCUT2D eigenvalue weighted by Crippen LogP contribution is -2.48. The molecule has 3 rings (SSSR count). The summed E-state index contributed by atoms with van der Waals surface area (Å²) in [7, 11) is 1.85. The number of aliphatic imine (C=N–C) groups is 1. The number of hydrogen-bond donors (Lipinski definition) is 2. The van der Waals surface area contributed by atoms with Gasteiger partial charge in [-0.25, -0.2) is 0 Å². The van der Waals surface area contributed by atoms with Crippen LogP contribution in [0.4, 0.5) is 0 Å². The Morgan fingerprint density at radius 1 is 1.18 bits per heavy atom. The minimum atomic E-state index is 0. The quantitative estimate of drug-likeness (QED) is 0.342. The highest BCUT2D eigenvalue weighted by atomic mass is 127. The van der Waals surface area contributed by atoms with E-state index in [0.29, 0.717) is 12.1 Å². The summed E-state index contributed by atoms with van der Waals surface area (Å²) in [5.74, 6) is 0.896. The number of hydrogen-bond acceptors (Lipinski definition) is 4. The van der Waals surface area contributed by atoms with E-state index in [2.05, 4.69) is 62.7 Å². The minimum Gasteiger partial charge on any atom is -0.379 e. The van der Waals surface area contributed by atoms with E-state index in [1.165, 1.54) is 24.9 Å². The molecule has 0 bridgehead atoms. The maximum absolute atomic E-state index is 5.55. The van der Waals surface area contributed by atoms with Crippen molar-refractivity contribution in [2.75, 3.05) is 59.5 Å². The Labute approximate surface area is 187 Å². The van der Waals surface area contributed by atoms with Crippen molar-refractivity contribution in [2.45, 2.75) is 31.8 Å². The lowest BCUT2D eigenvalue weighted by atomic mass is 10.0. The van der Waals surface area contributed by atoms with Crippen molar-refractivity contribution in [1.29, 1.82) is 0 Å². The highest BCUT2D eigenvalue weighted by molar-refractivity contribution is 14.0. The van der Waals surface area contributed by atoms with Crippen molar-refractivity contribution in [1.82, 2.24) is 20.4 Å². The summed E-state index contributed by atoms with van der Waals surface area (Å²) in [6.45, 7) is 9.97. The molecule has 0 aromatic heterocycles. The molecule has 2 aliphatic heterocycles. The van der Waals surface area contributed by atoms with Crippen molar-refractivity contribution in [3.63, 3.8) is 0 Å². The van der Waals surface area contributed by atoms with Crippen LogP contribution in [-0.2, 0) is 4.74 Å². The SMILES string of the molecule is CCN1CCCC1CNC(=NC)NCC(c1ccccc1)N1CCOCC1.I. The molecule has 1 aromatic rings. The number of benzene rings is 1. The van der Waals surface area contributed by atoms with E-state index < -0.39 is 0 Å². The second-order valence-corrected chi connectivity index (χ2v) is 7.33. The Hall–Kier alpha value is -0.900. The molecular formula is C21H36IN5O. The molecule has 2 atom stereocenters. The topological polar surface area (TPSA) is 52.1 Å². The van der Waals surface area contributed by atoms with Gasteiger partial charge in [-0.05, 0) is 31.5 Å². The lowest BCUT2D eigenvalue weighted by Gasteiger charge is -2.35. The van der Waals surface area contributed by atoms with Gasteiger partial charge in [0.1, 0.15) is 0 Å². The van der Waals surface area contributed by atoms with Gasteiger partial charge in [0.2, 0.25) is 0 Å². The van der Waals surface area contributed by atoms with Crippen molar-refractivity contribution in [3.8, 4) is 0 Å². The molecule has 0 amide bonds. The van der Waals surface area contributed by atoms with Crippen LogP contribution < -0.4 is 10.6 Å². The Morgan fingerprint density at radius 3 is 2.61 bits per heavy atom. The van der Waals surface area contributed by atoms with Gasteiger partial charge in [-0.3, -0.25) is 14.8 Å². The smallest absolute Gasteiger partial charge is 0.191 e. The number of halogens is 1. The number of nitrogens with zero attached hydrogens (tertiary/aromatic N) is 3. The number of rotatable bonds is 7. The van der Waals surface area contributed by atoms with E-state index in [1.54, 1.807) is 0 Å². The number of morpholine rings is 1. The highest BCUT2D eigenvalue weighted by Crippen LogP contribution is 2.21. The summed E-state index contributed by atoms with van der Waals surface area (Å²) in [6, 6.07) is 11.7. The molecule has 2 unspecified atom stereocenters. The summed E-state index contributed by atoms with van der Waals surface area (Å²) in [6.07, 6.45) is 2.58. The molecule has 2 N–H and O–H groups in total. The Kier molecular flexibility index (Phi) is 10.5. The standard InChI is InChI=1S/C21H35N5O.HI/c1-3-25-11-7-10-19(25)16-23-21(22-2)24-17-20(18-8-5-4-6-9-18)26-12-14-27-15-13-26;/h4-6,8-9,19-20H,3,7,10-17H2,1-2H3,(H2,22,23,24);1H. The van der Waals surface area contributed by atoms with Crippen molar-refractivity contribution < 1.29 is 4.74 Å². The third-order valence-corrected chi connectivity index (χ3v) is 5.77. The van der Waals surface area contributed by atoms with Gasteiger partial charge in [-0.1, -0.05) is 37.3 Å². The zero-order valence-corrected chi connectivity index (χ0v) is 19.6. The number of likely N-dealkylation sites (tertiary alicyclic amines) is 1. The Balaban J connectivity index is 0.00000280. The second kappa shape index (κ2) is 12.6. The van der Waals surface area contributed by atoms with Crippen LogP contribution in [0.1, 0.15) is 31.4 Å². The van der Waals surface area contributed by atoms with Crippen LogP contribution in [0.2, 0.25) is 0 Å². The fraction of sp³-hybridized carbons (Fsp3) is 0.667.